The smallest absolute Gasteiger partial charge is 0.123 e. The molecule has 2 N–H and O–H groups in total. The highest BCUT2D eigenvalue weighted by atomic mass is 35.5. The van der Waals surface area contributed by atoms with Crippen LogP contribution in [0.2, 0.25) is 0 Å². The number of rotatable bonds is 3. The maximum atomic E-state index is 12.4. The molecule has 0 saturated carbocycles. The van der Waals surface area contributed by atoms with Crippen molar-refractivity contribution in [3.05, 3.63) is 30.1 Å². The van der Waals surface area contributed by atoms with Crippen LogP contribution in [0, 0.1) is 5.82 Å². The lowest BCUT2D eigenvalue weighted by molar-refractivity contribution is 0.628. The van der Waals surface area contributed by atoms with Gasteiger partial charge in [0.1, 0.15) is 5.82 Å². The molecule has 0 aliphatic carbocycles. The number of benzene rings is 1. The predicted molar refractivity (Wildman–Crippen MR) is 50.9 cm³/mol. The molecule has 1 rings (SSSR count). The van der Waals surface area contributed by atoms with E-state index in [2.05, 4.69) is 10.9 Å². The molecule has 1 aromatic rings. The fourth-order valence-corrected chi connectivity index (χ4v) is 0.724. The molecule has 4 heteroatoms. The lowest BCUT2D eigenvalue weighted by Gasteiger charge is -2.04. The Morgan fingerprint density at radius 3 is 2.33 bits per heavy atom. The fraction of sp³-hybridized carbons (Fsp3) is 0.250. The molecule has 0 aliphatic rings. The Labute approximate surface area is 77.5 Å². The van der Waals surface area contributed by atoms with Crippen molar-refractivity contribution < 1.29 is 4.39 Å². The van der Waals surface area contributed by atoms with Gasteiger partial charge >= 0.3 is 0 Å². The van der Waals surface area contributed by atoms with E-state index in [4.69, 9.17) is 0 Å². The molecule has 0 unspecified atom stereocenters. The molecular weight excluding hydrogens is 179 g/mol. The summed E-state index contributed by atoms with van der Waals surface area (Å²) in [5.74, 6) is -0.216. The summed E-state index contributed by atoms with van der Waals surface area (Å²) in [5, 5.41) is 0. The van der Waals surface area contributed by atoms with Crippen LogP contribution in [0.1, 0.15) is 6.92 Å². The fourth-order valence-electron chi connectivity index (χ4n) is 0.724. The molecule has 0 aliphatic heterocycles. The van der Waals surface area contributed by atoms with Crippen molar-refractivity contribution in [3.8, 4) is 0 Å². The quantitative estimate of drug-likeness (QED) is 0.714. The van der Waals surface area contributed by atoms with Gasteiger partial charge in [0, 0.05) is 12.2 Å². The van der Waals surface area contributed by atoms with Gasteiger partial charge in [-0.3, -0.25) is 0 Å². The van der Waals surface area contributed by atoms with Gasteiger partial charge in [-0.15, -0.1) is 12.4 Å². The van der Waals surface area contributed by atoms with E-state index in [-0.39, 0.29) is 18.2 Å². The lowest BCUT2D eigenvalue weighted by Crippen LogP contribution is -2.20. The van der Waals surface area contributed by atoms with E-state index in [1.807, 2.05) is 6.92 Å². The number of hydrogen-bond acceptors (Lipinski definition) is 2. The van der Waals surface area contributed by atoms with Gasteiger partial charge in [-0.25, -0.2) is 9.82 Å². The molecule has 0 atom stereocenters. The van der Waals surface area contributed by atoms with Gasteiger partial charge < -0.3 is 5.43 Å². The average Bonchev–Trinajstić information content (AvgIpc) is 2.04. The second-order valence-corrected chi connectivity index (χ2v) is 2.16. The minimum absolute atomic E-state index is 0. The minimum Gasteiger partial charge on any atom is -0.322 e. The van der Waals surface area contributed by atoms with Crippen molar-refractivity contribution >= 4 is 18.1 Å². The summed E-state index contributed by atoms with van der Waals surface area (Å²) >= 11 is 0. The molecule has 0 heterocycles. The Morgan fingerprint density at radius 2 is 1.83 bits per heavy atom. The zero-order chi connectivity index (χ0) is 8.10. The first-order valence-corrected chi connectivity index (χ1v) is 3.57. The SMILES string of the molecule is CCNNc1ccc(F)cc1.Cl. The topological polar surface area (TPSA) is 24.1 Å². The third kappa shape index (κ3) is 3.55. The van der Waals surface area contributed by atoms with E-state index in [1.54, 1.807) is 12.1 Å². The average molecular weight is 191 g/mol. The second-order valence-electron chi connectivity index (χ2n) is 2.16. The molecule has 12 heavy (non-hydrogen) atoms. The van der Waals surface area contributed by atoms with Crippen LogP contribution in [-0.4, -0.2) is 6.54 Å². The van der Waals surface area contributed by atoms with Crippen LogP contribution in [0.3, 0.4) is 0 Å². The maximum Gasteiger partial charge on any atom is 0.123 e. The summed E-state index contributed by atoms with van der Waals surface area (Å²) in [6.07, 6.45) is 0. The van der Waals surface area contributed by atoms with Gasteiger partial charge in [-0.2, -0.15) is 0 Å². The van der Waals surface area contributed by atoms with Crippen molar-refractivity contribution in [2.75, 3.05) is 12.0 Å². The van der Waals surface area contributed by atoms with E-state index >= 15 is 0 Å². The molecular formula is C8H12ClFN2. The molecule has 1 aromatic carbocycles. The first kappa shape index (κ1) is 11.2. The third-order valence-corrected chi connectivity index (χ3v) is 1.25. The lowest BCUT2D eigenvalue weighted by atomic mass is 10.3. The summed E-state index contributed by atoms with van der Waals surface area (Å²) in [4.78, 5) is 0. The van der Waals surface area contributed by atoms with Crippen LogP contribution in [0.25, 0.3) is 0 Å². The van der Waals surface area contributed by atoms with Crippen LogP contribution >= 0.6 is 12.4 Å². The zero-order valence-corrected chi connectivity index (χ0v) is 7.62. The number of anilines is 1. The molecule has 0 spiro atoms. The summed E-state index contributed by atoms with van der Waals surface area (Å²) in [6.45, 7) is 2.81. The predicted octanol–water partition coefficient (Wildman–Crippen LogP) is 2.18. The highest BCUT2D eigenvalue weighted by molar-refractivity contribution is 5.85. The zero-order valence-electron chi connectivity index (χ0n) is 6.80. The van der Waals surface area contributed by atoms with Gasteiger partial charge in [0.05, 0.1) is 0 Å². The van der Waals surface area contributed by atoms with Crippen LogP contribution in [0.5, 0.6) is 0 Å². The van der Waals surface area contributed by atoms with Crippen molar-refractivity contribution in [1.29, 1.82) is 0 Å². The van der Waals surface area contributed by atoms with Crippen molar-refractivity contribution in [2.45, 2.75) is 6.92 Å². The van der Waals surface area contributed by atoms with Gasteiger partial charge in [0.25, 0.3) is 0 Å². The van der Waals surface area contributed by atoms with Crippen LogP contribution in [0.15, 0.2) is 24.3 Å². The summed E-state index contributed by atoms with van der Waals surface area (Å²) in [5.41, 5.74) is 6.69. The van der Waals surface area contributed by atoms with Crippen molar-refractivity contribution in [3.63, 3.8) is 0 Å². The summed E-state index contributed by atoms with van der Waals surface area (Å²) in [7, 11) is 0. The monoisotopic (exact) mass is 190 g/mol. The molecule has 0 bridgehead atoms. The molecule has 0 fully saturated rings. The Balaban J connectivity index is 0.00000121. The third-order valence-electron chi connectivity index (χ3n) is 1.25. The van der Waals surface area contributed by atoms with Crippen molar-refractivity contribution in [2.24, 2.45) is 0 Å². The van der Waals surface area contributed by atoms with Gasteiger partial charge in [-0.05, 0) is 24.3 Å². The summed E-state index contributed by atoms with van der Waals surface area (Å²) < 4.78 is 12.4. The Morgan fingerprint density at radius 1 is 1.25 bits per heavy atom. The number of hydrazine groups is 1. The molecule has 0 amide bonds. The molecule has 2 nitrogen and oxygen atoms in total. The molecule has 0 aromatic heterocycles. The van der Waals surface area contributed by atoms with E-state index in [1.165, 1.54) is 12.1 Å². The van der Waals surface area contributed by atoms with Crippen LogP contribution in [-0.2, 0) is 0 Å². The number of halogens is 2. The largest absolute Gasteiger partial charge is 0.322 e. The normalized spacial score (nSPS) is 8.83. The van der Waals surface area contributed by atoms with Gasteiger partial charge in [-0.1, -0.05) is 6.92 Å². The van der Waals surface area contributed by atoms with Crippen LogP contribution < -0.4 is 10.9 Å². The van der Waals surface area contributed by atoms with E-state index in [9.17, 15) is 4.39 Å². The standard InChI is InChI=1S/C8H11FN2.ClH/c1-2-10-11-8-5-3-7(9)4-6-8;/h3-6,10-11H,2H2,1H3;1H. The first-order valence-electron chi connectivity index (χ1n) is 3.57. The molecule has 68 valence electrons. The molecule has 0 saturated heterocycles. The van der Waals surface area contributed by atoms with E-state index in [0.717, 1.165) is 12.2 Å². The van der Waals surface area contributed by atoms with E-state index < -0.39 is 0 Å². The second kappa shape index (κ2) is 5.80. The van der Waals surface area contributed by atoms with Crippen LogP contribution in [0.4, 0.5) is 10.1 Å². The van der Waals surface area contributed by atoms with Gasteiger partial charge in [0.2, 0.25) is 0 Å². The number of nitrogens with one attached hydrogen (secondary N) is 2. The Hall–Kier alpha value is -0.800. The molecule has 0 radical (unpaired) electrons. The first-order chi connectivity index (χ1) is 5.33. The highest BCUT2D eigenvalue weighted by Gasteiger charge is 1.89. The van der Waals surface area contributed by atoms with Crippen molar-refractivity contribution in [1.82, 2.24) is 5.43 Å². The van der Waals surface area contributed by atoms with E-state index in [0.29, 0.717) is 0 Å². The highest BCUT2D eigenvalue weighted by Crippen LogP contribution is 2.05. The Kier molecular flexibility index (Phi) is 5.41. The Bertz CT molecular complexity index is 213. The van der Waals surface area contributed by atoms with Gasteiger partial charge in [0.15, 0.2) is 0 Å². The number of hydrogen-bond donors (Lipinski definition) is 2. The minimum atomic E-state index is -0.216. The maximum absolute atomic E-state index is 12.4. The summed E-state index contributed by atoms with van der Waals surface area (Å²) in [6, 6.07) is 6.19.